The van der Waals surface area contributed by atoms with Crippen LogP contribution in [0.4, 0.5) is 0 Å². The molecule has 3 fully saturated rings. The van der Waals surface area contributed by atoms with Crippen LogP contribution in [0.15, 0.2) is 24.3 Å². The highest BCUT2D eigenvalue weighted by atomic mass is 16.6. The van der Waals surface area contributed by atoms with Gasteiger partial charge in [-0.2, -0.15) is 0 Å². The van der Waals surface area contributed by atoms with Gasteiger partial charge < -0.3 is 24.4 Å². The molecule has 4 heterocycles. The maximum Gasteiger partial charge on any atom is 0.312 e. The number of carbonyl (C=O) groups is 3. The third kappa shape index (κ3) is 3.71. The number of amides is 2. The Morgan fingerprint density at radius 3 is 2.67 bits per heavy atom. The van der Waals surface area contributed by atoms with E-state index >= 15 is 0 Å². The summed E-state index contributed by atoms with van der Waals surface area (Å²) in [6.07, 6.45) is 14.2. The number of allylic oxidation sites excluding steroid dienone is 1. The van der Waals surface area contributed by atoms with Crippen LogP contribution < -0.4 is 0 Å². The van der Waals surface area contributed by atoms with Gasteiger partial charge in [0, 0.05) is 25.7 Å². The number of ether oxygens (including phenoxy) is 2. The van der Waals surface area contributed by atoms with Gasteiger partial charge >= 0.3 is 5.97 Å². The van der Waals surface area contributed by atoms with Gasteiger partial charge in [-0.25, -0.2) is 0 Å². The van der Waals surface area contributed by atoms with Crippen molar-refractivity contribution in [2.75, 3.05) is 26.3 Å². The standard InChI is InChI=1S/C25H34N2O6/c28-15-8-14-27-21-23(30)26(17-9-3-1-4-10-17)13-7-12-25(21)20(22(27)29)19-18(33-25)11-5-2-6-16-32-24(19)31/h5,7,11-12,17-21,28H,1-4,6,8-10,13-16H2/b11-5-/t18-,19+,20-,21?,25-/m0/s1. The SMILES string of the molecule is O=C1OCCC/C=C\[C@@H]2O[C@]34C=CCN(C5CCCCC5)C(=O)C3N(CCCO)C(=O)[C@@H]4[C@H]12. The van der Waals surface area contributed by atoms with Crippen LogP contribution in [0.3, 0.4) is 0 Å². The summed E-state index contributed by atoms with van der Waals surface area (Å²) in [5, 5.41) is 9.45. The average Bonchev–Trinajstić information content (AvgIpc) is 3.23. The minimum Gasteiger partial charge on any atom is -0.465 e. The fraction of sp³-hybridized carbons (Fsp3) is 0.720. The predicted octanol–water partition coefficient (Wildman–Crippen LogP) is 1.57. The van der Waals surface area contributed by atoms with Crippen molar-refractivity contribution >= 4 is 17.8 Å². The highest BCUT2D eigenvalue weighted by Gasteiger charge is 2.71. The van der Waals surface area contributed by atoms with Crippen molar-refractivity contribution in [3.63, 3.8) is 0 Å². The predicted molar refractivity (Wildman–Crippen MR) is 119 cm³/mol. The second-order valence-electron chi connectivity index (χ2n) is 9.87. The molecular weight excluding hydrogens is 424 g/mol. The number of aliphatic hydroxyl groups is 1. The van der Waals surface area contributed by atoms with Gasteiger partial charge in [0.25, 0.3) is 0 Å². The fourth-order valence-electron chi connectivity index (χ4n) is 6.47. The Hall–Kier alpha value is -2.19. The summed E-state index contributed by atoms with van der Waals surface area (Å²) in [5.41, 5.74) is -1.20. The molecule has 5 aliphatic rings. The summed E-state index contributed by atoms with van der Waals surface area (Å²) in [6.45, 7) is 0.960. The molecule has 1 unspecified atom stereocenters. The zero-order chi connectivity index (χ0) is 23.0. The zero-order valence-corrected chi connectivity index (χ0v) is 19.1. The molecule has 0 radical (unpaired) electrons. The van der Waals surface area contributed by atoms with Crippen molar-refractivity contribution in [3.8, 4) is 0 Å². The van der Waals surface area contributed by atoms with Gasteiger partial charge in [0.15, 0.2) is 0 Å². The van der Waals surface area contributed by atoms with E-state index < -0.39 is 35.6 Å². The number of cyclic esters (lactones) is 1. The lowest BCUT2D eigenvalue weighted by Crippen LogP contribution is -2.57. The number of fused-ring (bicyclic) bond motifs is 2. The van der Waals surface area contributed by atoms with Crippen LogP contribution in [0.25, 0.3) is 0 Å². The Bertz CT molecular complexity index is 850. The van der Waals surface area contributed by atoms with Crippen molar-refractivity contribution in [3.05, 3.63) is 24.3 Å². The molecule has 33 heavy (non-hydrogen) atoms. The molecule has 0 aromatic rings. The number of carbonyl (C=O) groups excluding carboxylic acids is 3. The lowest BCUT2D eigenvalue weighted by atomic mass is 9.78. The second-order valence-corrected chi connectivity index (χ2v) is 9.87. The van der Waals surface area contributed by atoms with Crippen molar-refractivity contribution < 1.29 is 29.0 Å². The van der Waals surface area contributed by atoms with E-state index in [1.807, 2.05) is 29.2 Å². The normalized spacial score (nSPS) is 38.0. The van der Waals surface area contributed by atoms with Crippen LogP contribution in [-0.4, -0.2) is 82.8 Å². The Kier molecular flexibility index (Phi) is 6.31. The monoisotopic (exact) mass is 458 g/mol. The molecule has 8 nitrogen and oxygen atoms in total. The average molecular weight is 459 g/mol. The van der Waals surface area contributed by atoms with Crippen molar-refractivity contribution in [1.82, 2.24) is 9.80 Å². The molecular formula is C25H34N2O6. The second kappa shape index (κ2) is 9.22. The summed E-state index contributed by atoms with van der Waals surface area (Å²) in [7, 11) is 0. The molecule has 5 rings (SSSR count). The zero-order valence-electron chi connectivity index (χ0n) is 19.1. The minimum absolute atomic E-state index is 0.0811. The number of rotatable bonds is 4. The van der Waals surface area contributed by atoms with Crippen LogP contribution in [0.1, 0.15) is 51.4 Å². The topological polar surface area (TPSA) is 96.4 Å². The maximum absolute atomic E-state index is 14.1. The van der Waals surface area contributed by atoms with Crippen LogP contribution in [0.2, 0.25) is 0 Å². The van der Waals surface area contributed by atoms with Crippen LogP contribution in [0.5, 0.6) is 0 Å². The molecule has 2 amide bonds. The molecule has 5 atom stereocenters. The lowest BCUT2D eigenvalue weighted by Gasteiger charge is -2.39. The van der Waals surface area contributed by atoms with E-state index in [4.69, 9.17) is 9.47 Å². The number of esters is 1. The summed E-state index contributed by atoms with van der Waals surface area (Å²) in [6, 6.07) is -0.679. The van der Waals surface area contributed by atoms with Gasteiger partial charge in [-0.15, -0.1) is 0 Å². The van der Waals surface area contributed by atoms with Gasteiger partial charge in [0.2, 0.25) is 11.8 Å². The van der Waals surface area contributed by atoms with E-state index in [9.17, 15) is 19.5 Å². The van der Waals surface area contributed by atoms with Crippen molar-refractivity contribution in [2.45, 2.75) is 75.2 Å². The number of hydrogen-bond donors (Lipinski definition) is 1. The van der Waals surface area contributed by atoms with Crippen molar-refractivity contribution in [1.29, 1.82) is 0 Å². The largest absolute Gasteiger partial charge is 0.465 e. The Morgan fingerprint density at radius 1 is 1.06 bits per heavy atom. The molecule has 0 bridgehead atoms. The summed E-state index contributed by atoms with van der Waals surface area (Å²) in [5.74, 6) is -2.39. The maximum atomic E-state index is 14.1. The van der Waals surface area contributed by atoms with E-state index in [0.717, 1.165) is 38.5 Å². The number of likely N-dealkylation sites (tertiary alicyclic amines) is 1. The van der Waals surface area contributed by atoms with Gasteiger partial charge in [0.1, 0.15) is 17.6 Å². The van der Waals surface area contributed by atoms with Crippen LogP contribution >= 0.6 is 0 Å². The molecule has 2 saturated heterocycles. The van der Waals surface area contributed by atoms with Gasteiger partial charge in [0.05, 0.1) is 18.6 Å². The van der Waals surface area contributed by atoms with Crippen molar-refractivity contribution in [2.24, 2.45) is 11.8 Å². The highest BCUT2D eigenvalue weighted by Crippen LogP contribution is 2.53. The molecule has 0 aromatic heterocycles. The van der Waals surface area contributed by atoms with Gasteiger partial charge in [-0.05, 0) is 32.1 Å². The molecule has 4 aliphatic heterocycles. The third-order valence-corrected chi connectivity index (χ3v) is 7.95. The first-order chi connectivity index (χ1) is 16.1. The molecule has 1 aliphatic carbocycles. The van der Waals surface area contributed by atoms with E-state index in [1.165, 1.54) is 6.42 Å². The molecule has 0 aromatic carbocycles. The quantitative estimate of drug-likeness (QED) is 0.508. The summed E-state index contributed by atoms with van der Waals surface area (Å²) < 4.78 is 12.1. The molecule has 1 saturated carbocycles. The van der Waals surface area contributed by atoms with E-state index in [1.54, 1.807) is 4.90 Å². The number of hydrogen-bond acceptors (Lipinski definition) is 6. The van der Waals surface area contributed by atoms with E-state index in [0.29, 0.717) is 19.6 Å². The Labute approximate surface area is 194 Å². The minimum atomic E-state index is -1.20. The first-order valence-electron chi connectivity index (χ1n) is 12.5. The van der Waals surface area contributed by atoms with Crippen LogP contribution in [0, 0.1) is 11.8 Å². The summed E-state index contributed by atoms with van der Waals surface area (Å²) in [4.78, 5) is 44.5. The fourth-order valence-corrected chi connectivity index (χ4v) is 6.47. The smallest absolute Gasteiger partial charge is 0.312 e. The van der Waals surface area contributed by atoms with E-state index in [-0.39, 0.29) is 31.0 Å². The third-order valence-electron chi connectivity index (χ3n) is 7.95. The molecule has 8 heteroatoms. The molecule has 1 N–H and O–H groups in total. The Balaban J connectivity index is 1.56. The highest BCUT2D eigenvalue weighted by molar-refractivity contribution is 5.99. The Morgan fingerprint density at radius 2 is 1.88 bits per heavy atom. The van der Waals surface area contributed by atoms with Gasteiger partial charge in [-0.3, -0.25) is 14.4 Å². The van der Waals surface area contributed by atoms with E-state index in [2.05, 4.69) is 0 Å². The first kappa shape index (κ1) is 22.6. The number of nitrogens with zero attached hydrogens (tertiary/aromatic N) is 2. The molecule has 1 spiro atoms. The summed E-state index contributed by atoms with van der Waals surface area (Å²) >= 11 is 0. The number of aliphatic hydroxyl groups excluding tert-OH is 1. The molecule has 180 valence electrons. The van der Waals surface area contributed by atoms with Crippen LogP contribution in [-0.2, 0) is 23.9 Å². The van der Waals surface area contributed by atoms with Gasteiger partial charge in [-0.1, -0.05) is 43.6 Å². The lowest BCUT2D eigenvalue weighted by molar-refractivity contribution is -0.155. The first-order valence-corrected chi connectivity index (χ1v) is 12.5.